The van der Waals surface area contributed by atoms with E-state index in [1.54, 1.807) is 32.4 Å². The first-order valence-electron chi connectivity index (χ1n) is 5.81. The Bertz CT molecular complexity index is 440. The molecule has 0 bridgehead atoms. The minimum atomic E-state index is -0.424. The van der Waals surface area contributed by atoms with E-state index in [-0.39, 0.29) is 7.43 Å². The first kappa shape index (κ1) is 17.8. The Balaban J connectivity index is 0.00000361. The number of hydrogen-bond acceptors (Lipinski definition) is 5. The van der Waals surface area contributed by atoms with Gasteiger partial charge in [0.05, 0.1) is 27.9 Å². The summed E-state index contributed by atoms with van der Waals surface area (Å²) in [5.74, 6) is 1.21. The van der Waals surface area contributed by atoms with Crippen LogP contribution in [0.25, 0.3) is 6.08 Å². The molecule has 20 heavy (non-hydrogen) atoms. The summed E-state index contributed by atoms with van der Waals surface area (Å²) >= 11 is 0. The molecule has 112 valence electrons. The topological polar surface area (TPSA) is 54.0 Å². The quantitative estimate of drug-likeness (QED) is 0.593. The summed E-state index contributed by atoms with van der Waals surface area (Å²) in [6.07, 6.45) is 2.95. The fourth-order valence-corrected chi connectivity index (χ4v) is 1.52. The van der Waals surface area contributed by atoms with Crippen molar-refractivity contribution in [2.24, 2.45) is 0 Å². The first-order chi connectivity index (χ1) is 9.15. The zero-order valence-electron chi connectivity index (χ0n) is 11.6. The second-order valence-corrected chi connectivity index (χ2v) is 3.54. The highest BCUT2D eigenvalue weighted by molar-refractivity contribution is 5.87. The fourth-order valence-electron chi connectivity index (χ4n) is 1.52. The molecular formula is C15H22O5. The molecule has 0 unspecified atom stereocenters. The van der Waals surface area contributed by atoms with Crippen LogP contribution < -0.4 is 14.2 Å². The zero-order chi connectivity index (χ0) is 14.3. The highest BCUT2D eigenvalue weighted by atomic mass is 16.5. The Morgan fingerprint density at radius 2 is 1.70 bits per heavy atom. The van der Waals surface area contributed by atoms with Crippen LogP contribution in [0.3, 0.4) is 0 Å². The van der Waals surface area contributed by atoms with Crippen molar-refractivity contribution in [3.05, 3.63) is 23.8 Å². The van der Waals surface area contributed by atoms with Crippen molar-refractivity contribution in [1.29, 1.82) is 0 Å². The molecule has 0 N–H and O–H groups in total. The van der Waals surface area contributed by atoms with Gasteiger partial charge >= 0.3 is 5.97 Å². The molecule has 5 nitrogen and oxygen atoms in total. The average Bonchev–Trinajstić information content (AvgIpc) is 2.45. The lowest BCUT2D eigenvalue weighted by Gasteiger charge is -2.14. The lowest BCUT2D eigenvalue weighted by molar-refractivity contribution is -0.134. The lowest BCUT2D eigenvalue weighted by Crippen LogP contribution is -1.99. The van der Waals surface area contributed by atoms with E-state index in [0.29, 0.717) is 23.9 Å². The molecule has 0 aliphatic heterocycles. The monoisotopic (exact) mass is 282 g/mol. The molecule has 0 fully saturated rings. The van der Waals surface area contributed by atoms with Gasteiger partial charge in [0.1, 0.15) is 0 Å². The van der Waals surface area contributed by atoms with E-state index >= 15 is 0 Å². The van der Waals surface area contributed by atoms with E-state index in [9.17, 15) is 4.79 Å². The van der Waals surface area contributed by atoms with Gasteiger partial charge in [-0.2, -0.15) is 0 Å². The molecule has 0 heterocycles. The molecule has 0 aromatic heterocycles. The van der Waals surface area contributed by atoms with E-state index in [0.717, 1.165) is 5.56 Å². The SMILES string of the molecule is C.CCOc1c(OC)cc(/C=C/C(=O)OC)cc1OC. The van der Waals surface area contributed by atoms with Crippen molar-refractivity contribution >= 4 is 12.0 Å². The molecule has 0 amide bonds. The van der Waals surface area contributed by atoms with Crippen LogP contribution in [0.1, 0.15) is 19.9 Å². The van der Waals surface area contributed by atoms with Gasteiger partial charge in [-0.3, -0.25) is 0 Å². The standard InChI is InChI=1S/C14H18O5.CH4/c1-5-19-14-11(16-2)8-10(9-12(14)17-3)6-7-13(15)18-4;/h6-9H,5H2,1-4H3;1H4/b7-6+;. The Hall–Kier alpha value is -2.17. The van der Waals surface area contributed by atoms with Crippen LogP contribution in [0, 0.1) is 0 Å². The molecule has 0 saturated heterocycles. The van der Waals surface area contributed by atoms with E-state index in [1.807, 2.05) is 6.92 Å². The molecule has 5 heteroatoms. The number of methoxy groups -OCH3 is 3. The summed E-state index contributed by atoms with van der Waals surface area (Å²) in [6.45, 7) is 2.38. The third kappa shape index (κ3) is 4.50. The van der Waals surface area contributed by atoms with Gasteiger partial charge in [0.25, 0.3) is 0 Å². The predicted molar refractivity (Wildman–Crippen MR) is 78.5 cm³/mol. The number of carbonyl (C=O) groups is 1. The van der Waals surface area contributed by atoms with Crippen molar-refractivity contribution in [3.63, 3.8) is 0 Å². The summed E-state index contributed by atoms with van der Waals surface area (Å²) in [6, 6.07) is 3.51. The number of hydrogen-bond donors (Lipinski definition) is 0. The molecule has 0 saturated carbocycles. The first-order valence-corrected chi connectivity index (χ1v) is 5.81. The molecule has 1 aromatic carbocycles. The molecule has 0 spiro atoms. The van der Waals surface area contributed by atoms with Crippen LogP contribution in [0.2, 0.25) is 0 Å². The number of carbonyl (C=O) groups excluding carboxylic acids is 1. The summed E-state index contributed by atoms with van der Waals surface area (Å²) < 4.78 is 20.5. The number of esters is 1. The molecule has 0 aliphatic rings. The summed E-state index contributed by atoms with van der Waals surface area (Å²) in [7, 11) is 4.42. The summed E-state index contributed by atoms with van der Waals surface area (Å²) in [5, 5.41) is 0. The van der Waals surface area contributed by atoms with Gasteiger partial charge in [0.15, 0.2) is 11.5 Å². The number of benzene rings is 1. The fraction of sp³-hybridized carbons (Fsp3) is 0.400. The summed E-state index contributed by atoms with van der Waals surface area (Å²) in [4.78, 5) is 11.1. The smallest absolute Gasteiger partial charge is 0.330 e. The highest BCUT2D eigenvalue weighted by Gasteiger charge is 2.12. The largest absolute Gasteiger partial charge is 0.493 e. The van der Waals surface area contributed by atoms with Gasteiger partial charge in [0, 0.05) is 6.08 Å². The predicted octanol–water partition coefficient (Wildman–Crippen LogP) is 2.92. The molecule has 1 aromatic rings. The van der Waals surface area contributed by atoms with Gasteiger partial charge in [0.2, 0.25) is 5.75 Å². The molecule has 0 aliphatic carbocycles. The van der Waals surface area contributed by atoms with Gasteiger partial charge in [-0.1, -0.05) is 7.43 Å². The highest BCUT2D eigenvalue weighted by Crippen LogP contribution is 2.38. The summed E-state index contributed by atoms with van der Waals surface area (Å²) in [5.41, 5.74) is 0.752. The van der Waals surface area contributed by atoms with Gasteiger partial charge in [-0.15, -0.1) is 0 Å². The normalized spacial score (nSPS) is 9.80. The van der Waals surface area contributed by atoms with Crippen LogP contribution in [-0.4, -0.2) is 33.9 Å². The van der Waals surface area contributed by atoms with Crippen molar-refractivity contribution in [2.75, 3.05) is 27.9 Å². The second kappa shape index (κ2) is 8.85. The van der Waals surface area contributed by atoms with Gasteiger partial charge in [-0.25, -0.2) is 4.79 Å². The maximum absolute atomic E-state index is 11.1. The minimum absolute atomic E-state index is 0. The Morgan fingerprint density at radius 3 is 2.10 bits per heavy atom. The molecular weight excluding hydrogens is 260 g/mol. The average molecular weight is 282 g/mol. The zero-order valence-corrected chi connectivity index (χ0v) is 11.6. The molecule has 0 radical (unpaired) electrons. The number of ether oxygens (including phenoxy) is 4. The Kier molecular flexibility index (Phi) is 7.89. The van der Waals surface area contributed by atoms with E-state index in [1.165, 1.54) is 13.2 Å². The van der Waals surface area contributed by atoms with E-state index in [4.69, 9.17) is 14.2 Å². The van der Waals surface area contributed by atoms with Gasteiger partial charge in [-0.05, 0) is 30.7 Å². The Morgan fingerprint density at radius 1 is 1.15 bits per heavy atom. The molecule has 1 rings (SSSR count). The van der Waals surface area contributed by atoms with Crippen LogP contribution in [-0.2, 0) is 9.53 Å². The maximum Gasteiger partial charge on any atom is 0.330 e. The van der Waals surface area contributed by atoms with Crippen LogP contribution in [0.15, 0.2) is 18.2 Å². The van der Waals surface area contributed by atoms with E-state index < -0.39 is 5.97 Å². The van der Waals surface area contributed by atoms with E-state index in [2.05, 4.69) is 4.74 Å². The minimum Gasteiger partial charge on any atom is -0.493 e. The van der Waals surface area contributed by atoms with Crippen LogP contribution in [0.4, 0.5) is 0 Å². The molecule has 0 atom stereocenters. The second-order valence-electron chi connectivity index (χ2n) is 3.54. The van der Waals surface area contributed by atoms with Gasteiger partial charge < -0.3 is 18.9 Å². The van der Waals surface area contributed by atoms with Crippen molar-refractivity contribution in [1.82, 2.24) is 0 Å². The van der Waals surface area contributed by atoms with Crippen LogP contribution in [0.5, 0.6) is 17.2 Å². The maximum atomic E-state index is 11.1. The van der Waals surface area contributed by atoms with Crippen molar-refractivity contribution < 1.29 is 23.7 Å². The third-order valence-corrected chi connectivity index (χ3v) is 2.38. The van der Waals surface area contributed by atoms with Crippen molar-refractivity contribution in [3.8, 4) is 17.2 Å². The number of rotatable bonds is 6. The lowest BCUT2D eigenvalue weighted by atomic mass is 10.1. The van der Waals surface area contributed by atoms with Crippen molar-refractivity contribution in [2.45, 2.75) is 14.4 Å². The third-order valence-electron chi connectivity index (χ3n) is 2.38. The van der Waals surface area contributed by atoms with Crippen LogP contribution >= 0.6 is 0 Å². The Labute approximate surface area is 120 Å².